The second kappa shape index (κ2) is 11.4. The minimum Gasteiger partial charge on any atom is -0.322 e. The number of nitrogens with one attached hydrogen (secondary N) is 1. The fourth-order valence-corrected chi connectivity index (χ4v) is 5.14. The molecule has 3 aromatic rings. The summed E-state index contributed by atoms with van der Waals surface area (Å²) in [5.74, 6) is -0.376. The van der Waals surface area contributed by atoms with Gasteiger partial charge in [-0.25, -0.2) is 0 Å². The zero-order valence-electron chi connectivity index (χ0n) is 20.3. The van der Waals surface area contributed by atoms with Gasteiger partial charge in [-0.15, -0.1) is 0 Å². The minimum absolute atomic E-state index is 0.173. The standard InChI is InChI=1S/C27H28ClN2O5P/c1-17-7-4-5-8-21(17)26(31)29-20-11-12-22(18(2)15-20)27(32)30-14-6-9-25(35-36(33)34-3)23-16-19(28)10-13-24(23)30/h4-5,7-8,10-13,15-16,25,36H,6,9,14H2,1-3H3,(H,29,31). The number of anilines is 2. The second-order valence-electron chi connectivity index (χ2n) is 8.66. The van der Waals surface area contributed by atoms with Gasteiger partial charge in [-0.2, -0.15) is 0 Å². The van der Waals surface area contributed by atoms with Crippen molar-refractivity contribution in [2.75, 3.05) is 23.9 Å². The summed E-state index contributed by atoms with van der Waals surface area (Å²) < 4.78 is 22.5. The molecular weight excluding hydrogens is 499 g/mol. The van der Waals surface area contributed by atoms with Gasteiger partial charge >= 0.3 is 8.25 Å². The SMILES string of the molecule is CO[PH](=O)OC1CCCN(C(=O)c2ccc(NC(=O)c3ccccc3C)cc2C)c2ccc(Cl)cc21. The Morgan fingerprint density at radius 2 is 1.81 bits per heavy atom. The van der Waals surface area contributed by atoms with Crippen molar-refractivity contribution in [3.8, 4) is 0 Å². The van der Waals surface area contributed by atoms with Crippen LogP contribution in [0.1, 0.15) is 56.4 Å². The van der Waals surface area contributed by atoms with Crippen LogP contribution in [-0.2, 0) is 13.6 Å². The van der Waals surface area contributed by atoms with Gasteiger partial charge < -0.3 is 19.3 Å². The number of benzene rings is 3. The maximum absolute atomic E-state index is 13.7. The van der Waals surface area contributed by atoms with E-state index in [2.05, 4.69) is 5.32 Å². The van der Waals surface area contributed by atoms with Crippen LogP contribution in [0.3, 0.4) is 0 Å². The van der Waals surface area contributed by atoms with Gasteiger partial charge in [0.2, 0.25) is 0 Å². The maximum atomic E-state index is 13.7. The molecule has 0 spiro atoms. The highest BCUT2D eigenvalue weighted by Crippen LogP contribution is 2.42. The van der Waals surface area contributed by atoms with Crippen LogP contribution in [0.25, 0.3) is 0 Å². The van der Waals surface area contributed by atoms with E-state index in [4.69, 9.17) is 20.6 Å². The normalized spacial score (nSPS) is 16.1. The molecule has 36 heavy (non-hydrogen) atoms. The molecule has 9 heteroatoms. The monoisotopic (exact) mass is 526 g/mol. The predicted octanol–water partition coefficient (Wildman–Crippen LogP) is 6.74. The number of carbonyl (C=O) groups is 2. The summed E-state index contributed by atoms with van der Waals surface area (Å²) >= 11 is 6.25. The summed E-state index contributed by atoms with van der Waals surface area (Å²) in [6, 6.07) is 17.9. The number of hydrogen-bond acceptors (Lipinski definition) is 5. The van der Waals surface area contributed by atoms with Crippen molar-refractivity contribution in [1.82, 2.24) is 0 Å². The third kappa shape index (κ3) is 5.71. The van der Waals surface area contributed by atoms with Crippen molar-refractivity contribution in [2.45, 2.75) is 32.8 Å². The smallest absolute Gasteiger partial charge is 0.319 e. The molecule has 0 fully saturated rings. The summed E-state index contributed by atoms with van der Waals surface area (Å²) in [7, 11) is -1.33. The van der Waals surface area contributed by atoms with Crippen molar-refractivity contribution in [3.05, 3.63) is 93.5 Å². The lowest BCUT2D eigenvalue weighted by molar-refractivity contribution is 0.0985. The van der Waals surface area contributed by atoms with Crippen LogP contribution in [-0.4, -0.2) is 25.5 Å². The number of nitrogens with zero attached hydrogens (tertiary/aromatic N) is 1. The number of aryl methyl sites for hydroxylation is 2. The zero-order valence-corrected chi connectivity index (χ0v) is 22.1. The zero-order chi connectivity index (χ0) is 25.8. The molecule has 1 N–H and O–H groups in total. The first-order valence-corrected chi connectivity index (χ1v) is 13.2. The molecular formula is C27H28ClN2O5P. The van der Waals surface area contributed by atoms with Gasteiger partial charge in [-0.1, -0.05) is 29.8 Å². The van der Waals surface area contributed by atoms with Gasteiger partial charge in [0.05, 0.1) is 6.10 Å². The Labute approximate surface area is 216 Å². The predicted molar refractivity (Wildman–Crippen MR) is 143 cm³/mol. The lowest BCUT2D eigenvalue weighted by Crippen LogP contribution is -2.32. The van der Waals surface area contributed by atoms with Crippen LogP contribution < -0.4 is 10.2 Å². The first kappa shape index (κ1) is 26.1. The maximum Gasteiger partial charge on any atom is 0.319 e. The van der Waals surface area contributed by atoms with Crippen molar-refractivity contribution in [2.24, 2.45) is 0 Å². The van der Waals surface area contributed by atoms with Gasteiger partial charge in [-0.05, 0) is 80.3 Å². The van der Waals surface area contributed by atoms with Crippen LogP contribution in [0.5, 0.6) is 0 Å². The number of amides is 2. The Hall–Kier alpha value is -2.96. The number of halogens is 1. The number of carbonyl (C=O) groups excluding carboxylic acids is 2. The summed E-state index contributed by atoms with van der Waals surface area (Å²) in [4.78, 5) is 28.1. The van der Waals surface area contributed by atoms with Gasteiger partial charge in [-0.3, -0.25) is 14.2 Å². The molecule has 2 amide bonds. The van der Waals surface area contributed by atoms with E-state index in [0.29, 0.717) is 52.5 Å². The van der Waals surface area contributed by atoms with Gasteiger partial charge in [0.25, 0.3) is 11.8 Å². The van der Waals surface area contributed by atoms with Crippen LogP contribution in [0.15, 0.2) is 60.7 Å². The highest BCUT2D eigenvalue weighted by Gasteiger charge is 2.29. The molecule has 2 unspecified atom stereocenters. The Bertz CT molecular complexity index is 1330. The molecule has 0 radical (unpaired) electrons. The van der Waals surface area contributed by atoms with Crippen LogP contribution in [0.4, 0.5) is 11.4 Å². The first-order chi connectivity index (χ1) is 17.3. The Morgan fingerprint density at radius 1 is 1.03 bits per heavy atom. The van der Waals surface area contributed by atoms with Gasteiger partial charge in [0, 0.05) is 46.7 Å². The van der Waals surface area contributed by atoms with E-state index >= 15 is 0 Å². The Balaban J connectivity index is 1.60. The third-order valence-corrected chi connectivity index (χ3v) is 7.28. The molecule has 0 aromatic heterocycles. The Kier molecular flexibility index (Phi) is 8.27. The highest BCUT2D eigenvalue weighted by atomic mass is 35.5. The Morgan fingerprint density at radius 3 is 2.53 bits per heavy atom. The average Bonchev–Trinajstić information content (AvgIpc) is 3.03. The number of hydrogen-bond donors (Lipinski definition) is 1. The highest BCUT2D eigenvalue weighted by molar-refractivity contribution is 7.33. The first-order valence-electron chi connectivity index (χ1n) is 11.6. The van der Waals surface area contributed by atoms with E-state index in [9.17, 15) is 14.2 Å². The summed E-state index contributed by atoms with van der Waals surface area (Å²) in [5, 5.41) is 3.41. The lowest BCUT2D eigenvalue weighted by atomic mass is 10.0. The van der Waals surface area contributed by atoms with Crippen LogP contribution in [0.2, 0.25) is 5.02 Å². The fourth-order valence-electron chi connectivity index (χ4n) is 4.39. The molecule has 0 bridgehead atoms. The molecule has 4 rings (SSSR count). The summed E-state index contributed by atoms with van der Waals surface area (Å²) in [6.45, 7) is 4.19. The van der Waals surface area contributed by atoms with Gasteiger partial charge in [0.1, 0.15) is 0 Å². The van der Waals surface area contributed by atoms with Crippen molar-refractivity contribution in [1.29, 1.82) is 0 Å². The van der Waals surface area contributed by atoms with E-state index < -0.39 is 14.4 Å². The topological polar surface area (TPSA) is 84.9 Å². The summed E-state index contributed by atoms with van der Waals surface area (Å²) in [5.41, 5.74) is 4.71. The third-order valence-electron chi connectivity index (χ3n) is 6.23. The van der Waals surface area contributed by atoms with Crippen LogP contribution in [0, 0.1) is 13.8 Å². The summed E-state index contributed by atoms with van der Waals surface area (Å²) in [6.07, 6.45) is 0.716. The average molecular weight is 527 g/mol. The molecule has 2 atom stereocenters. The molecule has 7 nitrogen and oxygen atoms in total. The molecule has 188 valence electrons. The molecule has 3 aromatic carbocycles. The fraction of sp³-hybridized carbons (Fsp3) is 0.259. The van der Waals surface area contributed by atoms with E-state index in [1.165, 1.54) is 7.11 Å². The molecule has 0 saturated heterocycles. The molecule has 0 aliphatic carbocycles. The quantitative estimate of drug-likeness (QED) is 0.359. The molecule has 0 saturated carbocycles. The number of fused-ring (bicyclic) bond motifs is 1. The number of rotatable bonds is 6. The van der Waals surface area contributed by atoms with E-state index in [-0.39, 0.29) is 11.8 Å². The molecule has 1 heterocycles. The van der Waals surface area contributed by atoms with Crippen molar-refractivity contribution in [3.63, 3.8) is 0 Å². The van der Waals surface area contributed by atoms with Gasteiger partial charge in [0.15, 0.2) is 0 Å². The van der Waals surface area contributed by atoms with Crippen LogP contribution >= 0.6 is 19.9 Å². The van der Waals surface area contributed by atoms with Crippen molar-refractivity contribution >= 4 is 43.0 Å². The molecule has 1 aliphatic rings. The molecule has 1 aliphatic heterocycles. The lowest BCUT2D eigenvalue weighted by Gasteiger charge is -2.25. The largest absolute Gasteiger partial charge is 0.322 e. The second-order valence-corrected chi connectivity index (χ2v) is 10.2. The van der Waals surface area contributed by atoms with E-state index in [0.717, 1.165) is 11.1 Å². The minimum atomic E-state index is -2.66. The van der Waals surface area contributed by atoms with Crippen molar-refractivity contribution < 1.29 is 23.2 Å². The van der Waals surface area contributed by atoms with E-state index in [1.807, 2.05) is 32.0 Å². The van der Waals surface area contributed by atoms with E-state index in [1.54, 1.807) is 47.4 Å².